The predicted molar refractivity (Wildman–Crippen MR) is 143 cm³/mol. The molecular formula is C28H33F2N3O6S. The highest BCUT2D eigenvalue weighted by Crippen LogP contribution is 2.36. The van der Waals surface area contributed by atoms with Gasteiger partial charge in [0.05, 0.1) is 29.1 Å². The van der Waals surface area contributed by atoms with Gasteiger partial charge in [-0.25, -0.2) is 27.2 Å². The van der Waals surface area contributed by atoms with Crippen molar-refractivity contribution in [3.63, 3.8) is 0 Å². The van der Waals surface area contributed by atoms with Crippen molar-refractivity contribution in [2.75, 3.05) is 25.1 Å². The van der Waals surface area contributed by atoms with Crippen LogP contribution in [0.15, 0.2) is 47.6 Å². The number of nitrogens with zero attached hydrogens (tertiary/aromatic N) is 2. The third-order valence-corrected chi connectivity index (χ3v) is 9.48. The fraction of sp³-hybridized carbons (Fsp3) is 0.536. The van der Waals surface area contributed by atoms with Gasteiger partial charge in [-0.3, -0.25) is 4.79 Å². The SMILES string of the molecule is O=C(Nc1cnc(OCCOC2CCCCO2)cn1)/C(=C/C1CC(F)C(F)C1)c1ccc(S(=O)(=O)C2CC2)cc1. The molecule has 40 heavy (non-hydrogen) atoms. The molecule has 2 saturated carbocycles. The first-order chi connectivity index (χ1) is 19.3. The number of ether oxygens (including phenoxy) is 3. The molecule has 1 aromatic heterocycles. The summed E-state index contributed by atoms with van der Waals surface area (Å²) < 4.78 is 69.5. The second-order valence-corrected chi connectivity index (χ2v) is 12.6. The van der Waals surface area contributed by atoms with Crippen LogP contribution in [0.1, 0.15) is 50.5 Å². The molecule has 0 radical (unpaired) electrons. The molecule has 0 bridgehead atoms. The number of hydrogen-bond donors (Lipinski definition) is 1. The highest BCUT2D eigenvalue weighted by atomic mass is 32.2. The molecule has 3 unspecified atom stereocenters. The summed E-state index contributed by atoms with van der Waals surface area (Å²) in [6.45, 7) is 1.29. The Labute approximate surface area is 232 Å². The van der Waals surface area contributed by atoms with E-state index in [0.717, 1.165) is 19.3 Å². The van der Waals surface area contributed by atoms with Crippen LogP contribution in [0, 0.1) is 5.92 Å². The van der Waals surface area contributed by atoms with E-state index in [4.69, 9.17) is 14.2 Å². The zero-order chi connectivity index (χ0) is 28.1. The Morgan fingerprint density at radius 1 is 1.02 bits per heavy atom. The largest absolute Gasteiger partial charge is 0.474 e. The van der Waals surface area contributed by atoms with Crippen LogP contribution < -0.4 is 10.1 Å². The molecule has 1 saturated heterocycles. The molecule has 2 aromatic rings. The van der Waals surface area contributed by atoms with E-state index in [9.17, 15) is 22.0 Å². The van der Waals surface area contributed by atoms with Crippen molar-refractivity contribution in [3.05, 3.63) is 48.3 Å². The molecule has 3 aliphatic rings. The van der Waals surface area contributed by atoms with E-state index in [-0.39, 0.29) is 53.2 Å². The molecule has 0 spiro atoms. The van der Waals surface area contributed by atoms with Crippen LogP contribution in [0.4, 0.5) is 14.6 Å². The molecule has 1 aliphatic heterocycles. The zero-order valence-corrected chi connectivity index (χ0v) is 22.8. The van der Waals surface area contributed by atoms with Gasteiger partial charge in [-0.05, 0) is 68.6 Å². The minimum Gasteiger partial charge on any atom is -0.474 e. The number of benzene rings is 1. The first-order valence-electron chi connectivity index (χ1n) is 13.6. The fourth-order valence-corrected chi connectivity index (χ4v) is 6.50. The number of alkyl halides is 2. The van der Waals surface area contributed by atoms with Crippen molar-refractivity contribution in [2.45, 2.75) is 73.7 Å². The van der Waals surface area contributed by atoms with Crippen LogP contribution in [0.5, 0.6) is 5.88 Å². The average Bonchev–Trinajstić information content (AvgIpc) is 3.77. The van der Waals surface area contributed by atoms with Crippen LogP contribution in [-0.2, 0) is 24.1 Å². The Morgan fingerprint density at radius 2 is 1.77 bits per heavy atom. The summed E-state index contributed by atoms with van der Waals surface area (Å²) in [4.78, 5) is 21.8. The second kappa shape index (κ2) is 12.7. The number of rotatable bonds is 11. The summed E-state index contributed by atoms with van der Waals surface area (Å²) in [6.07, 6.45) is 5.06. The topological polar surface area (TPSA) is 117 Å². The van der Waals surface area contributed by atoms with E-state index >= 15 is 0 Å². The summed E-state index contributed by atoms with van der Waals surface area (Å²) in [5.74, 6) is -0.632. The number of halogens is 2. The van der Waals surface area contributed by atoms with Crippen LogP contribution in [0.25, 0.3) is 5.57 Å². The molecule has 2 heterocycles. The number of anilines is 1. The van der Waals surface area contributed by atoms with Crippen LogP contribution in [0.2, 0.25) is 0 Å². The highest BCUT2D eigenvalue weighted by Gasteiger charge is 2.37. The van der Waals surface area contributed by atoms with Gasteiger partial charge in [0.15, 0.2) is 21.9 Å². The van der Waals surface area contributed by atoms with Crippen LogP contribution in [0.3, 0.4) is 0 Å². The lowest BCUT2D eigenvalue weighted by molar-refractivity contribution is -0.165. The van der Waals surface area contributed by atoms with E-state index in [0.29, 0.717) is 31.6 Å². The molecule has 3 fully saturated rings. The number of carbonyl (C=O) groups is 1. The molecule has 2 aliphatic carbocycles. The average molecular weight is 578 g/mol. The summed E-state index contributed by atoms with van der Waals surface area (Å²) in [7, 11) is -3.40. The third kappa shape index (κ3) is 7.21. The Bertz CT molecular complexity index is 1290. The Kier molecular flexibility index (Phi) is 9.07. The van der Waals surface area contributed by atoms with Gasteiger partial charge < -0.3 is 19.5 Å². The molecule has 1 aromatic carbocycles. The number of sulfone groups is 1. The number of amides is 1. The van der Waals surface area contributed by atoms with Crippen LogP contribution in [-0.4, -0.2) is 68.0 Å². The minimum absolute atomic E-state index is 0.0332. The van der Waals surface area contributed by atoms with Gasteiger partial charge >= 0.3 is 0 Å². The lowest BCUT2D eigenvalue weighted by Crippen LogP contribution is -2.24. The maximum absolute atomic E-state index is 13.9. The first-order valence-corrected chi connectivity index (χ1v) is 15.2. The predicted octanol–water partition coefficient (Wildman–Crippen LogP) is 4.44. The van der Waals surface area contributed by atoms with E-state index in [1.807, 2.05) is 0 Å². The molecule has 9 nitrogen and oxygen atoms in total. The monoisotopic (exact) mass is 577 g/mol. The smallest absolute Gasteiger partial charge is 0.257 e. The maximum atomic E-state index is 13.9. The summed E-state index contributed by atoms with van der Waals surface area (Å²) >= 11 is 0. The third-order valence-electron chi connectivity index (χ3n) is 7.20. The van der Waals surface area contributed by atoms with E-state index in [1.54, 1.807) is 18.2 Å². The van der Waals surface area contributed by atoms with Gasteiger partial charge in [0.2, 0.25) is 5.88 Å². The lowest BCUT2D eigenvalue weighted by atomic mass is 9.98. The van der Waals surface area contributed by atoms with Gasteiger partial charge in [0, 0.05) is 12.2 Å². The van der Waals surface area contributed by atoms with Crippen LogP contribution >= 0.6 is 0 Å². The fourth-order valence-electron chi connectivity index (χ4n) is 4.85. The van der Waals surface area contributed by atoms with E-state index < -0.39 is 34.0 Å². The Hall–Kier alpha value is -2.96. The molecule has 1 N–H and O–H groups in total. The van der Waals surface area contributed by atoms with Crippen molar-refractivity contribution < 1.29 is 36.2 Å². The summed E-state index contributed by atoms with van der Waals surface area (Å²) in [5, 5.41) is 2.30. The van der Waals surface area contributed by atoms with Gasteiger partial charge in [-0.2, -0.15) is 0 Å². The molecule has 5 rings (SSSR count). The number of hydrogen-bond acceptors (Lipinski definition) is 8. The van der Waals surface area contributed by atoms with Gasteiger partial charge in [0.1, 0.15) is 19.0 Å². The summed E-state index contributed by atoms with van der Waals surface area (Å²) in [6, 6.07) is 6.01. The maximum Gasteiger partial charge on any atom is 0.257 e. The van der Waals surface area contributed by atoms with Crippen molar-refractivity contribution in [2.24, 2.45) is 5.92 Å². The standard InChI is InChI=1S/C28H33F2N3O6S/c29-23-14-18(15-24(23)30)13-22(19-4-6-20(7-5-19)40(35,36)21-8-9-21)28(34)33-25-16-32-26(17-31-25)37-11-12-39-27-3-1-2-10-38-27/h4-7,13,16-18,21,23-24,27H,1-3,8-12,14-15H2,(H,31,33,34)/b22-13+. The van der Waals surface area contributed by atoms with E-state index in [2.05, 4.69) is 15.3 Å². The number of allylic oxidation sites excluding steroid dienone is 1. The molecule has 216 valence electrons. The van der Waals surface area contributed by atoms with Crippen molar-refractivity contribution >= 4 is 27.1 Å². The first kappa shape index (κ1) is 28.6. The highest BCUT2D eigenvalue weighted by molar-refractivity contribution is 7.92. The van der Waals surface area contributed by atoms with Crippen molar-refractivity contribution in [1.29, 1.82) is 0 Å². The lowest BCUT2D eigenvalue weighted by Gasteiger charge is -2.22. The Balaban J connectivity index is 1.23. The normalized spacial score (nSPS) is 25.5. The summed E-state index contributed by atoms with van der Waals surface area (Å²) in [5.41, 5.74) is 0.602. The van der Waals surface area contributed by atoms with Gasteiger partial charge in [-0.15, -0.1) is 0 Å². The minimum atomic E-state index is -3.40. The van der Waals surface area contributed by atoms with Crippen molar-refractivity contribution in [1.82, 2.24) is 9.97 Å². The van der Waals surface area contributed by atoms with Crippen molar-refractivity contribution in [3.8, 4) is 5.88 Å². The zero-order valence-electron chi connectivity index (χ0n) is 22.0. The number of carbonyl (C=O) groups excluding carboxylic acids is 1. The van der Waals surface area contributed by atoms with Gasteiger partial charge in [-0.1, -0.05) is 18.2 Å². The molecular weight excluding hydrogens is 544 g/mol. The quantitative estimate of drug-likeness (QED) is 0.308. The van der Waals surface area contributed by atoms with Gasteiger partial charge in [0.25, 0.3) is 5.91 Å². The second-order valence-electron chi connectivity index (χ2n) is 10.3. The van der Waals surface area contributed by atoms with E-state index in [1.165, 1.54) is 24.5 Å². The molecule has 3 atom stereocenters. The Morgan fingerprint density at radius 3 is 2.40 bits per heavy atom. The number of nitrogens with one attached hydrogen (secondary N) is 1. The molecule has 12 heteroatoms. The molecule has 1 amide bonds. The number of aromatic nitrogens is 2.